The first-order valence-electron chi connectivity index (χ1n) is 9.19. The highest BCUT2D eigenvalue weighted by molar-refractivity contribution is 9.10. The van der Waals surface area contributed by atoms with E-state index in [1.807, 2.05) is 47.4 Å². The van der Waals surface area contributed by atoms with Gasteiger partial charge in [0.15, 0.2) is 0 Å². The van der Waals surface area contributed by atoms with Gasteiger partial charge in [0.25, 0.3) is 5.91 Å². The molecule has 28 heavy (non-hydrogen) atoms. The zero-order chi connectivity index (χ0) is 19.5. The van der Waals surface area contributed by atoms with Gasteiger partial charge >= 0.3 is 0 Å². The lowest BCUT2D eigenvalue weighted by Gasteiger charge is -2.36. The Morgan fingerprint density at radius 3 is 2.36 bits per heavy atom. The van der Waals surface area contributed by atoms with E-state index in [9.17, 15) is 4.79 Å². The second-order valence-corrected chi connectivity index (χ2v) is 8.56. The van der Waals surface area contributed by atoms with E-state index >= 15 is 0 Å². The molecule has 1 amide bonds. The Labute approximate surface area is 177 Å². The largest absolute Gasteiger partial charge is 0.497 e. The quantitative estimate of drug-likeness (QED) is 0.544. The van der Waals surface area contributed by atoms with Gasteiger partial charge in [-0.1, -0.05) is 34.1 Å². The molecule has 0 atom stereocenters. The van der Waals surface area contributed by atoms with Crippen LogP contribution in [0.2, 0.25) is 0 Å². The van der Waals surface area contributed by atoms with Gasteiger partial charge in [-0.05, 0) is 42.5 Å². The molecule has 0 N–H and O–H groups in total. The van der Waals surface area contributed by atoms with Crippen LogP contribution >= 0.6 is 27.3 Å². The molecule has 1 aromatic heterocycles. The summed E-state index contributed by atoms with van der Waals surface area (Å²) < 4.78 is 6.27. The lowest BCUT2D eigenvalue weighted by molar-refractivity contribution is 0.0751. The second-order valence-electron chi connectivity index (χ2n) is 6.62. The van der Waals surface area contributed by atoms with E-state index in [1.54, 1.807) is 18.4 Å². The van der Waals surface area contributed by atoms with Gasteiger partial charge in [0, 0.05) is 46.8 Å². The number of methoxy groups -OCH3 is 1. The summed E-state index contributed by atoms with van der Waals surface area (Å²) in [6.07, 6.45) is 0. The predicted octanol–water partition coefficient (Wildman–Crippen LogP) is 5.15. The number of amides is 1. The average molecular weight is 457 g/mol. The van der Waals surface area contributed by atoms with Crippen LogP contribution in [0, 0.1) is 0 Å². The molecule has 2 aromatic carbocycles. The smallest absolute Gasteiger partial charge is 0.264 e. The Morgan fingerprint density at radius 1 is 0.964 bits per heavy atom. The van der Waals surface area contributed by atoms with E-state index in [0.717, 1.165) is 51.7 Å². The molecule has 1 saturated heterocycles. The Balaban J connectivity index is 1.41. The van der Waals surface area contributed by atoms with Gasteiger partial charge in [0.2, 0.25) is 0 Å². The number of benzene rings is 2. The van der Waals surface area contributed by atoms with Crippen LogP contribution < -0.4 is 9.64 Å². The van der Waals surface area contributed by atoms with Crippen LogP contribution in [0.4, 0.5) is 5.69 Å². The van der Waals surface area contributed by atoms with Crippen molar-refractivity contribution in [3.05, 3.63) is 70.0 Å². The van der Waals surface area contributed by atoms with Gasteiger partial charge in [-0.2, -0.15) is 0 Å². The number of thiophene rings is 1. The summed E-state index contributed by atoms with van der Waals surface area (Å²) >= 11 is 5.15. The van der Waals surface area contributed by atoms with Crippen LogP contribution in [0.1, 0.15) is 9.67 Å². The van der Waals surface area contributed by atoms with Crippen molar-refractivity contribution in [1.29, 1.82) is 0 Å². The number of halogens is 1. The summed E-state index contributed by atoms with van der Waals surface area (Å²) in [4.78, 5) is 19.1. The lowest BCUT2D eigenvalue weighted by Crippen LogP contribution is -2.48. The van der Waals surface area contributed by atoms with Gasteiger partial charge in [-0.3, -0.25) is 4.79 Å². The molecule has 0 bridgehead atoms. The van der Waals surface area contributed by atoms with E-state index in [4.69, 9.17) is 4.74 Å². The molecule has 4 rings (SSSR count). The number of hydrogen-bond acceptors (Lipinski definition) is 4. The number of piperazine rings is 1. The standard InChI is InChI=1S/C22H21BrN2O2S/c1-27-17-8-6-16(7-9-17)24-12-14-25(15-13-24)22(26)21-11-10-20(28-21)18-4-2-3-5-19(18)23/h2-11H,12-15H2,1H3. The fraction of sp³-hybridized carbons (Fsp3) is 0.227. The zero-order valence-corrected chi connectivity index (χ0v) is 18.0. The fourth-order valence-electron chi connectivity index (χ4n) is 3.38. The van der Waals surface area contributed by atoms with Crippen molar-refractivity contribution in [3.63, 3.8) is 0 Å². The molecule has 6 heteroatoms. The molecule has 1 fully saturated rings. The van der Waals surface area contributed by atoms with Crippen LogP contribution in [0.3, 0.4) is 0 Å². The molecule has 0 aliphatic carbocycles. The molecule has 0 unspecified atom stereocenters. The maximum Gasteiger partial charge on any atom is 0.264 e. The summed E-state index contributed by atoms with van der Waals surface area (Å²) in [5, 5.41) is 0. The number of ether oxygens (including phenoxy) is 1. The van der Waals surface area contributed by atoms with E-state index in [0.29, 0.717) is 0 Å². The number of hydrogen-bond donors (Lipinski definition) is 0. The van der Waals surface area contributed by atoms with E-state index in [-0.39, 0.29) is 5.91 Å². The number of carbonyl (C=O) groups is 1. The van der Waals surface area contributed by atoms with E-state index < -0.39 is 0 Å². The molecular weight excluding hydrogens is 436 g/mol. The second kappa shape index (κ2) is 8.37. The van der Waals surface area contributed by atoms with Crippen molar-refractivity contribution >= 4 is 38.9 Å². The molecule has 1 aliphatic rings. The molecule has 0 saturated carbocycles. The first kappa shape index (κ1) is 19.0. The monoisotopic (exact) mass is 456 g/mol. The zero-order valence-electron chi connectivity index (χ0n) is 15.6. The number of carbonyl (C=O) groups excluding carboxylic acids is 1. The minimum Gasteiger partial charge on any atom is -0.497 e. The lowest BCUT2D eigenvalue weighted by atomic mass is 10.2. The van der Waals surface area contributed by atoms with Gasteiger partial charge in [0.05, 0.1) is 12.0 Å². The van der Waals surface area contributed by atoms with Crippen molar-refractivity contribution in [2.24, 2.45) is 0 Å². The Kier molecular flexibility index (Phi) is 5.69. The Morgan fingerprint density at radius 2 is 1.68 bits per heavy atom. The van der Waals surface area contributed by atoms with Crippen molar-refractivity contribution in [2.45, 2.75) is 0 Å². The van der Waals surface area contributed by atoms with Gasteiger partial charge < -0.3 is 14.5 Å². The highest BCUT2D eigenvalue weighted by Gasteiger charge is 2.23. The van der Waals surface area contributed by atoms with Crippen molar-refractivity contribution in [1.82, 2.24) is 4.90 Å². The normalized spacial score (nSPS) is 14.2. The summed E-state index contributed by atoms with van der Waals surface area (Å²) in [5.74, 6) is 0.980. The summed E-state index contributed by atoms with van der Waals surface area (Å²) in [6, 6.07) is 20.2. The minimum absolute atomic E-state index is 0.123. The molecule has 2 heterocycles. The maximum atomic E-state index is 12.9. The fourth-order valence-corrected chi connectivity index (χ4v) is 5.02. The number of nitrogens with zero attached hydrogens (tertiary/aromatic N) is 2. The third kappa shape index (κ3) is 3.93. The first-order chi connectivity index (χ1) is 13.7. The molecule has 0 radical (unpaired) electrons. The van der Waals surface area contributed by atoms with Crippen LogP contribution in [-0.4, -0.2) is 44.1 Å². The van der Waals surface area contributed by atoms with E-state index in [1.165, 1.54) is 5.69 Å². The van der Waals surface area contributed by atoms with Crippen LogP contribution in [0.15, 0.2) is 65.1 Å². The summed E-state index contributed by atoms with van der Waals surface area (Å²) in [6.45, 7) is 3.13. The van der Waals surface area contributed by atoms with Crippen molar-refractivity contribution in [3.8, 4) is 16.2 Å². The predicted molar refractivity (Wildman–Crippen MR) is 119 cm³/mol. The first-order valence-corrected chi connectivity index (χ1v) is 10.8. The molecule has 1 aliphatic heterocycles. The maximum absolute atomic E-state index is 12.9. The van der Waals surface area contributed by atoms with Gasteiger partial charge in [0.1, 0.15) is 5.75 Å². The SMILES string of the molecule is COc1ccc(N2CCN(C(=O)c3ccc(-c4ccccc4Br)s3)CC2)cc1. The van der Waals surface area contributed by atoms with Crippen LogP contribution in [-0.2, 0) is 0 Å². The number of anilines is 1. The third-order valence-electron chi connectivity index (χ3n) is 4.96. The van der Waals surface area contributed by atoms with Crippen molar-refractivity contribution < 1.29 is 9.53 Å². The Hall–Kier alpha value is -2.31. The summed E-state index contributed by atoms with van der Waals surface area (Å²) in [5.41, 5.74) is 2.29. The van der Waals surface area contributed by atoms with E-state index in [2.05, 4.69) is 39.0 Å². The molecule has 4 nitrogen and oxygen atoms in total. The molecule has 0 spiro atoms. The van der Waals surface area contributed by atoms with Crippen molar-refractivity contribution in [2.75, 3.05) is 38.2 Å². The van der Waals surface area contributed by atoms with Crippen LogP contribution in [0.5, 0.6) is 5.75 Å². The Bertz CT molecular complexity index is 963. The highest BCUT2D eigenvalue weighted by Crippen LogP contribution is 2.34. The van der Waals surface area contributed by atoms with Crippen LogP contribution in [0.25, 0.3) is 10.4 Å². The molecule has 3 aromatic rings. The van der Waals surface area contributed by atoms with Gasteiger partial charge in [-0.25, -0.2) is 0 Å². The average Bonchev–Trinajstić information content (AvgIpc) is 3.24. The summed E-state index contributed by atoms with van der Waals surface area (Å²) in [7, 11) is 1.67. The molecular formula is C22H21BrN2O2S. The number of rotatable bonds is 4. The van der Waals surface area contributed by atoms with Gasteiger partial charge in [-0.15, -0.1) is 11.3 Å². The highest BCUT2D eigenvalue weighted by atomic mass is 79.9. The molecule has 144 valence electrons. The minimum atomic E-state index is 0.123. The topological polar surface area (TPSA) is 32.8 Å². The third-order valence-corrected chi connectivity index (χ3v) is 6.76.